The third-order valence-corrected chi connectivity index (χ3v) is 4.74. The molecule has 3 rings (SSSR count). The molecule has 1 N–H and O–H groups in total. The Balaban J connectivity index is 1.86. The molecule has 104 valence electrons. The number of hydrogen-bond donors (Lipinski definition) is 1. The molecule has 1 aliphatic rings. The fourth-order valence-electron chi connectivity index (χ4n) is 2.30. The Bertz CT molecular complexity index is 653. The maximum Gasteiger partial charge on any atom is 0.161 e. The van der Waals surface area contributed by atoms with Gasteiger partial charge in [-0.25, -0.2) is 0 Å². The van der Waals surface area contributed by atoms with Crippen molar-refractivity contribution in [3.63, 3.8) is 0 Å². The SMILES string of the molecule is CCC1(C)CCSC(Nc2ccc3ncccc3c2)=N1. The number of hydrogen-bond acceptors (Lipinski definition) is 4. The molecule has 0 aliphatic carbocycles. The lowest BCUT2D eigenvalue weighted by Gasteiger charge is -2.29. The predicted molar refractivity (Wildman–Crippen MR) is 88.6 cm³/mol. The molecule has 3 nitrogen and oxygen atoms in total. The van der Waals surface area contributed by atoms with Crippen molar-refractivity contribution in [2.24, 2.45) is 4.99 Å². The minimum absolute atomic E-state index is 0.0893. The van der Waals surface area contributed by atoms with E-state index in [0.29, 0.717) is 0 Å². The number of pyridine rings is 1. The number of anilines is 1. The second kappa shape index (κ2) is 5.44. The number of fused-ring (bicyclic) bond motifs is 1. The maximum atomic E-state index is 4.86. The van der Waals surface area contributed by atoms with Crippen LogP contribution in [0.15, 0.2) is 41.5 Å². The third kappa shape index (κ3) is 2.80. The zero-order valence-electron chi connectivity index (χ0n) is 11.9. The summed E-state index contributed by atoms with van der Waals surface area (Å²) in [7, 11) is 0. The van der Waals surface area contributed by atoms with E-state index in [0.717, 1.165) is 40.4 Å². The second-order valence-corrected chi connectivity index (χ2v) is 6.49. The molecule has 1 aliphatic heterocycles. The van der Waals surface area contributed by atoms with Gasteiger partial charge in [0.2, 0.25) is 0 Å². The second-order valence-electron chi connectivity index (χ2n) is 5.40. The Labute approximate surface area is 123 Å². The molecule has 1 atom stereocenters. The van der Waals surface area contributed by atoms with E-state index < -0.39 is 0 Å². The van der Waals surface area contributed by atoms with Gasteiger partial charge in [0, 0.05) is 23.0 Å². The lowest BCUT2D eigenvalue weighted by Crippen LogP contribution is -2.29. The summed E-state index contributed by atoms with van der Waals surface area (Å²) in [5, 5.41) is 5.63. The molecule has 0 fully saturated rings. The standard InChI is InChI=1S/C16H19N3S/c1-3-16(2)8-10-20-15(19-16)18-13-6-7-14-12(11-13)5-4-9-17-14/h4-7,9,11H,3,8,10H2,1-2H3,(H,18,19). The topological polar surface area (TPSA) is 37.3 Å². The van der Waals surface area contributed by atoms with Gasteiger partial charge in [-0.2, -0.15) is 0 Å². The Morgan fingerprint density at radius 2 is 2.25 bits per heavy atom. The number of benzene rings is 1. The fraction of sp³-hybridized carbons (Fsp3) is 0.375. The summed E-state index contributed by atoms with van der Waals surface area (Å²) in [6.45, 7) is 4.44. The highest BCUT2D eigenvalue weighted by atomic mass is 32.2. The first-order chi connectivity index (χ1) is 9.68. The van der Waals surface area contributed by atoms with Gasteiger partial charge in [0.15, 0.2) is 5.17 Å². The monoisotopic (exact) mass is 285 g/mol. The van der Waals surface area contributed by atoms with Crippen molar-refractivity contribution < 1.29 is 0 Å². The van der Waals surface area contributed by atoms with E-state index >= 15 is 0 Å². The van der Waals surface area contributed by atoms with Gasteiger partial charge in [-0.1, -0.05) is 24.8 Å². The van der Waals surface area contributed by atoms with Crippen LogP contribution in [-0.4, -0.2) is 21.4 Å². The van der Waals surface area contributed by atoms with Gasteiger partial charge >= 0.3 is 0 Å². The highest BCUT2D eigenvalue weighted by Gasteiger charge is 2.25. The minimum Gasteiger partial charge on any atom is -0.335 e. The van der Waals surface area contributed by atoms with Crippen molar-refractivity contribution in [1.82, 2.24) is 4.98 Å². The van der Waals surface area contributed by atoms with Crippen LogP contribution in [0.1, 0.15) is 26.7 Å². The molecule has 0 spiro atoms. The summed E-state index contributed by atoms with van der Waals surface area (Å²) in [6.07, 6.45) is 4.06. The number of rotatable bonds is 2. The first-order valence-electron chi connectivity index (χ1n) is 7.03. The number of amidine groups is 1. The molecular weight excluding hydrogens is 266 g/mol. The molecule has 0 saturated carbocycles. The Hall–Kier alpha value is -1.55. The average Bonchev–Trinajstić information content (AvgIpc) is 2.47. The van der Waals surface area contributed by atoms with E-state index in [1.165, 1.54) is 0 Å². The van der Waals surface area contributed by atoms with Crippen molar-refractivity contribution in [2.45, 2.75) is 32.2 Å². The Morgan fingerprint density at radius 3 is 3.10 bits per heavy atom. The molecule has 1 unspecified atom stereocenters. The van der Waals surface area contributed by atoms with Crippen LogP contribution >= 0.6 is 11.8 Å². The zero-order chi connectivity index (χ0) is 14.0. The minimum atomic E-state index is 0.0893. The van der Waals surface area contributed by atoms with E-state index in [9.17, 15) is 0 Å². The number of nitrogens with zero attached hydrogens (tertiary/aromatic N) is 2. The first kappa shape index (κ1) is 13.4. The van der Waals surface area contributed by atoms with Crippen molar-refractivity contribution in [1.29, 1.82) is 0 Å². The largest absolute Gasteiger partial charge is 0.335 e. The van der Waals surface area contributed by atoms with Crippen LogP contribution < -0.4 is 5.32 Å². The molecule has 1 aromatic carbocycles. The van der Waals surface area contributed by atoms with Crippen LogP contribution in [0.2, 0.25) is 0 Å². The lowest BCUT2D eigenvalue weighted by molar-refractivity contribution is 0.443. The molecular formula is C16H19N3S. The van der Waals surface area contributed by atoms with E-state index in [1.54, 1.807) is 11.8 Å². The molecule has 20 heavy (non-hydrogen) atoms. The summed E-state index contributed by atoms with van der Waals surface area (Å²) >= 11 is 1.80. The predicted octanol–water partition coefficient (Wildman–Crippen LogP) is 4.31. The van der Waals surface area contributed by atoms with Gasteiger partial charge < -0.3 is 5.32 Å². The van der Waals surface area contributed by atoms with E-state index in [-0.39, 0.29) is 5.54 Å². The van der Waals surface area contributed by atoms with E-state index in [2.05, 4.69) is 42.3 Å². The van der Waals surface area contributed by atoms with Crippen molar-refractivity contribution in [3.05, 3.63) is 36.5 Å². The summed E-state index contributed by atoms with van der Waals surface area (Å²) in [6, 6.07) is 10.3. The number of aromatic nitrogens is 1. The van der Waals surface area contributed by atoms with Gasteiger partial charge in [-0.05, 0) is 44.0 Å². The quantitative estimate of drug-likeness (QED) is 0.893. The van der Waals surface area contributed by atoms with Gasteiger partial charge in [0.1, 0.15) is 0 Å². The molecule has 0 radical (unpaired) electrons. The molecule has 1 aromatic heterocycles. The molecule has 0 saturated heterocycles. The third-order valence-electron chi connectivity index (χ3n) is 3.87. The van der Waals surface area contributed by atoms with Gasteiger partial charge in [0.05, 0.1) is 11.1 Å². The van der Waals surface area contributed by atoms with Crippen LogP contribution in [0, 0.1) is 0 Å². The summed E-state index contributed by atoms with van der Waals surface area (Å²) < 4.78 is 0. The summed E-state index contributed by atoms with van der Waals surface area (Å²) in [5.41, 5.74) is 2.19. The van der Waals surface area contributed by atoms with Gasteiger partial charge in [-0.3, -0.25) is 9.98 Å². The highest BCUT2D eigenvalue weighted by Crippen LogP contribution is 2.30. The molecule has 0 bridgehead atoms. The number of aliphatic imine (C=N–C) groups is 1. The number of nitrogens with one attached hydrogen (secondary N) is 1. The number of thioether (sulfide) groups is 1. The van der Waals surface area contributed by atoms with Crippen LogP contribution in [-0.2, 0) is 0 Å². The highest BCUT2D eigenvalue weighted by molar-refractivity contribution is 8.14. The molecule has 2 aromatic rings. The average molecular weight is 285 g/mol. The van der Waals surface area contributed by atoms with Gasteiger partial charge in [0.25, 0.3) is 0 Å². The Kier molecular flexibility index (Phi) is 3.66. The van der Waals surface area contributed by atoms with Crippen molar-refractivity contribution >= 4 is 33.5 Å². The van der Waals surface area contributed by atoms with Crippen molar-refractivity contribution in [3.8, 4) is 0 Å². The summed E-state index contributed by atoms with van der Waals surface area (Å²) in [5.74, 6) is 1.13. The smallest absolute Gasteiger partial charge is 0.161 e. The Morgan fingerprint density at radius 1 is 1.35 bits per heavy atom. The van der Waals surface area contributed by atoms with E-state index in [1.807, 2.05) is 18.3 Å². The van der Waals surface area contributed by atoms with E-state index in [4.69, 9.17) is 4.99 Å². The maximum absolute atomic E-state index is 4.86. The van der Waals surface area contributed by atoms with Crippen LogP contribution in [0.3, 0.4) is 0 Å². The van der Waals surface area contributed by atoms with Crippen LogP contribution in [0.4, 0.5) is 5.69 Å². The van der Waals surface area contributed by atoms with Crippen LogP contribution in [0.5, 0.6) is 0 Å². The van der Waals surface area contributed by atoms with Crippen LogP contribution in [0.25, 0.3) is 10.9 Å². The van der Waals surface area contributed by atoms with Gasteiger partial charge in [-0.15, -0.1) is 0 Å². The van der Waals surface area contributed by atoms with Crippen molar-refractivity contribution in [2.75, 3.05) is 11.1 Å². The normalized spacial score (nSPS) is 22.6. The summed E-state index contributed by atoms with van der Waals surface area (Å²) in [4.78, 5) is 9.20. The molecule has 4 heteroatoms. The molecule has 0 amide bonds. The first-order valence-corrected chi connectivity index (χ1v) is 8.02. The lowest BCUT2D eigenvalue weighted by atomic mass is 9.97. The zero-order valence-corrected chi connectivity index (χ0v) is 12.7. The molecule has 2 heterocycles. The fourth-order valence-corrected chi connectivity index (χ4v) is 3.51.